The van der Waals surface area contributed by atoms with E-state index in [0.717, 1.165) is 0 Å². The highest BCUT2D eigenvalue weighted by molar-refractivity contribution is 7.89. The molecular formula is C23H35N5O6S. The van der Waals surface area contributed by atoms with Gasteiger partial charge in [-0.05, 0) is 37.6 Å². The summed E-state index contributed by atoms with van der Waals surface area (Å²) < 4.78 is 40.6. The molecule has 194 valence electrons. The molecule has 2 heterocycles. The van der Waals surface area contributed by atoms with E-state index < -0.39 is 16.1 Å². The van der Waals surface area contributed by atoms with Gasteiger partial charge in [-0.1, -0.05) is 12.1 Å². The van der Waals surface area contributed by atoms with Crippen LogP contribution in [-0.4, -0.2) is 89.6 Å². The largest absolute Gasteiger partial charge is 0.497 e. The zero-order chi connectivity index (χ0) is 25.6. The summed E-state index contributed by atoms with van der Waals surface area (Å²) in [5, 5.41) is 17.9. The number of carbonyl (C=O) groups excluding carboxylic acids is 1. The molecule has 12 heteroatoms. The van der Waals surface area contributed by atoms with Crippen LogP contribution in [0.2, 0.25) is 0 Å². The third-order valence-corrected chi connectivity index (χ3v) is 8.09. The van der Waals surface area contributed by atoms with Gasteiger partial charge in [0.2, 0.25) is 15.9 Å². The number of sulfonamides is 1. The van der Waals surface area contributed by atoms with Gasteiger partial charge in [-0.15, -0.1) is 5.10 Å². The Labute approximate surface area is 206 Å². The van der Waals surface area contributed by atoms with Crippen LogP contribution in [0.15, 0.2) is 35.4 Å². The fourth-order valence-electron chi connectivity index (χ4n) is 3.97. The number of likely N-dealkylation sites (N-methyl/N-ethyl adjacent to an activating group) is 1. The Morgan fingerprint density at radius 2 is 2.03 bits per heavy atom. The quantitative estimate of drug-likeness (QED) is 0.589. The van der Waals surface area contributed by atoms with Gasteiger partial charge in [0.05, 0.1) is 43.6 Å². The first-order chi connectivity index (χ1) is 16.6. The molecule has 0 fully saturated rings. The summed E-state index contributed by atoms with van der Waals surface area (Å²) in [7, 11) is -0.762. The Morgan fingerprint density at radius 3 is 2.69 bits per heavy atom. The molecule has 0 aliphatic carbocycles. The molecule has 1 aromatic carbocycles. The van der Waals surface area contributed by atoms with Crippen LogP contribution >= 0.6 is 0 Å². The number of ether oxygens (including phenoxy) is 2. The number of nitrogens with zero attached hydrogens (tertiary/aromatic N) is 5. The number of aliphatic hydroxyl groups excluding tert-OH is 1. The van der Waals surface area contributed by atoms with E-state index in [0.29, 0.717) is 37.4 Å². The Balaban J connectivity index is 1.84. The molecule has 0 saturated carbocycles. The number of aryl methyl sites for hydroxylation is 1. The third kappa shape index (κ3) is 6.78. The van der Waals surface area contributed by atoms with E-state index in [1.165, 1.54) is 30.6 Å². The van der Waals surface area contributed by atoms with Crippen molar-refractivity contribution in [1.29, 1.82) is 0 Å². The van der Waals surface area contributed by atoms with Crippen molar-refractivity contribution in [1.82, 2.24) is 24.2 Å². The van der Waals surface area contributed by atoms with E-state index in [-0.39, 0.29) is 42.5 Å². The van der Waals surface area contributed by atoms with Crippen LogP contribution in [0.25, 0.3) is 0 Å². The number of aromatic nitrogens is 3. The zero-order valence-corrected chi connectivity index (χ0v) is 21.5. The summed E-state index contributed by atoms with van der Waals surface area (Å²) in [4.78, 5) is 14.8. The zero-order valence-electron chi connectivity index (χ0n) is 20.7. The molecule has 0 radical (unpaired) electrons. The lowest BCUT2D eigenvalue weighted by Crippen LogP contribution is -2.47. The van der Waals surface area contributed by atoms with Gasteiger partial charge in [0.1, 0.15) is 11.4 Å². The van der Waals surface area contributed by atoms with E-state index in [2.05, 4.69) is 10.3 Å². The average molecular weight is 510 g/mol. The highest BCUT2D eigenvalue weighted by atomic mass is 32.2. The molecule has 0 unspecified atom stereocenters. The second-order valence-corrected chi connectivity index (χ2v) is 11.0. The van der Waals surface area contributed by atoms with Crippen LogP contribution in [0.5, 0.6) is 5.75 Å². The van der Waals surface area contributed by atoms with E-state index >= 15 is 0 Å². The number of hydrogen-bond donors (Lipinski definition) is 1. The fraction of sp³-hybridized carbons (Fsp3) is 0.609. The average Bonchev–Trinajstić information content (AvgIpc) is 3.31. The lowest BCUT2D eigenvalue weighted by atomic mass is 10.0. The van der Waals surface area contributed by atoms with Gasteiger partial charge in [-0.3, -0.25) is 9.48 Å². The molecule has 2 aromatic rings. The molecule has 2 bridgehead atoms. The Hall–Kier alpha value is -2.54. The van der Waals surface area contributed by atoms with Gasteiger partial charge in [0.25, 0.3) is 0 Å². The van der Waals surface area contributed by atoms with Gasteiger partial charge in [0.15, 0.2) is 0 Å². The molecule has 11 nitrogen and oxygen atoms in total. The van der Waals surface area contributed by atoms with Crippen molar-refractivity contribution in [2.45, 2.75) is 56.9 Å². The Morgan fingerprint density at radius 1 is 1.31 bits per heavy atom. The maximum absolute atomic E-state index is 13.2. The van der Waals surface area contributed by atoms with E-state index in [1.807, 2.05) is 6.92 Å². The molecule has 1 aliphatic heterocycles. The van der Waals surface area contributed by atoms with Crippen molar-refractivity contribution in [2.24, 2.45) is 5.92 Å². The lowest BCUT2D eigenvalue weighted by molar-refractivity contribution is -0.136. The first-order valence-electron chi connectivity index (χ1n) is 11.7. The van der Waals surface area contributed by atoms with Crippen molar-refractivity contribution >= 4 is 15.9 Å². The Kier molecular flexibility index (Phi) is 9.22. The number of benzene rings is 1. The fourth-order valence-corrected chi connectivity index (χ4v) is 5.16. The molecule has 1 aliphatic rings. The van der Waals surface area contributed by atoms with Crippen molar-refractivity contribution < 1.29 is 27.8 Å². The van der Waals surface area contributed by atoms with E-state index in [4.69, 9.17) is 9.47 Å². The number of aliphatic hydroxyl groups is 1. The van der Waals surface area contributed by atoms with Gasteiger partial charge < -0.3 is 19.5 Å². The number of rotatable bonds is 7. The first-order valence-corrected chi connectivity index (χ1v) is 13.1. The maximum atomic E-state index is 13.2. The number of fused-ring (bicyclic) bond motifs is 2. The molecular weight excluding hydrogens is 474 g/mol. The minimum Gasteiger partial charge on any atom is -0.497 e. The molecule has 1 aromatic heterocycles. The van der Waals surface area contributed by atoms with Crippen LogP contribution in [0.3, 0.4) is 0 Å². The van der Waals surface area contributed by atoms with Crippen molar-refractivity contribution in [3.63, 3.8) is 0 Å². The van der Waals surface area contributed by atoms with Crippen LogP contribution in [0.1, 0.15) is 32.4 Å². The van der Waals surface area contributed by atoms with Crippen molar-refractivity contribution in [2.75, 3.05) is 33.9 Å². The van der Waals surface area contributed by atoms with Crippen LogP contribution < -0.4 is 4.74 Å². The van der Waals surface area contributed by atoms with Crippen LogP contribution in [-0.2, 0) is 32.7 Å². The second-order valence-electron chi connectivity index (χ2n) is 8.94. The number of carbonyl (C=O) groups is 1. The van der Waals surface area contributed by atoms with E-state index in [9.17, 15) is 18.3 Å². The SMILES string of the molecule is COc1ccc(S(=O)(=O)N(C)C[C@H]2OCc3cn(nn3)CCCC(=O)N([C@@H](C)CO)C[C@H]2C)cc1. The monoisotopic (exact) mass is 509 g/mol. The summed E-state index contributed by atoms with van der Waals surface area (Å²) in [6.45, 7) is 4.64. The van der Waals surface area contributed by atoms with Gasteiger partial charge in [-0.25, -0.2) is 8.42 Å². The summed E-state index contributed by atoms with van der Waals surface area (Å²) in [6.07, 6.45) is 2.14. The predicted molar refractivity (Wildman–Crippen MR) is 128 cm³/mol. The van der Waals surface area contributed by atoms with Crippen molar-refractivity contribution in [3.8, 4) is 5.75 Å². The number of hydrogen-bond acceptors (Lipinski definition) is 8. The number of amides is 1. The highest BCUT2D eigenvalue weighted by Crippen LogP contribution is 2.22. The smallest absolute Gasteiger partial charge is 0.242 e. The summed E-state index contributed by atoms with van der Waals surface area (Å²) in [5.41, 5.74) is 0.633. The lowest BCUT2D eigenvalue weighted by Gasteiger charge is -2.35. The van der Waals surface area contributed by atoms with Gasteiger partial charge >= 0.3 is 0 Å². The predicted octanol–water partition coefficient (Wildman–Crippen LogP) is 1.13. The van der Waals surface area contributed by atoms with Crippen molar-refractivity contribution in [3.05, 3.63) is 36.2 Å². The molecule has 1 amide bonds. The summed E-state index contributed by atoms with van der Waals surface area (Å²) >= 11 is 0. The minimum atomic E-state index is -3.79. The molecule has 0 spiro atoms. The topological polar surface area (TPSA) is 127 Å². The van der Waals surface area contributed by atoms with Gasteiger partial charge in [-0.2, -0.15) is 4.31 Å². The van der Waals surface area contributed by atoms with Gasteiger partial charge in [0, 0.05) is 39.0 Å². The molecule has 3 rings (SSSR count). The maximum Gasteiger partial charge on any atom is 0.242 e. The molecule has 3 atom stereocenters. The minimum absolute atomic E-state index is 0.0687. The summed E-state index contributed by atoms with van der Waals surface area (Å²) in [6, 6.07) is 5.83. The van der Waals surface area contributed by atoms with Crippen LogP contribution in [0.4, 0.5) is 0 Å². The molecule has 1 N–H and O–H groups in total. The van der Waals surface area contributed by atoms with Crippen LogP contribution in [0, 0.1) is 5.92 Å². The van der Waals surface area contributed by atoms with E-state index in [1.54, 1.807) is 34.8 Å². The normalized spacial score (nSPS) is 21.2. The second kappa shape index (κ2) is 11.9. The Bertz CT molecular complexity index is 1070. The summed E-state index contributed by atoms with van der Waals surface area (Å²) in [5.74, 6) is 0.266. The third-order valence-electron chi connectivity index (χ3n) is 6.25. The first kappa shape index (κ1) is 27.1. The number of methoxy groups -OCH3 is 1. The standard InChI is InChI=1S/C23H35N5O6S/c1-17-12-28(18(2)15-29)23(30)6-5-11-27-13-19(24-25-27)16-34-22(17)14-26(3)35(31,32)21-9-7-20(33-4)8-10-21/h7-10,13,17-18,22,29H,5-6,11-12,14-16H2,1-4H3/t17-,18+,22-/m1/s1. The molecule has 35 heavy (non-hydrogen) atoms. The highest BCUT2D eigenvalue weighted by Gasteiger charge is 2.31. The molecule has 0 saturated heterocycles.